The molecular weight excluding hydrogens is 454 g/mol. The van der Waals surface area contributed by atoms with Crippen molar-refractivity contribution >= 4 is 18.3 Å². The second kappa shape index (κ2) is 10.2. The fourth-order valence-electron chi connectivity index (χ4n) is 4.25. The lowest BCUT2D eigenvalue weighted by Crippen LogP contribution is -2.63. The Morgan fingerprint density at radius 3 is 2.65 bits per heavy atom. The maximum atomic E-state index is 12.2. The molecule has 0 spiro atoms. The van der Waals surface area contributed by atoms with E-state index in [0.29, 0.717) is 30.1 Å². The molecule has 182 valence electrons. The lowest BCUT2D eigenvalue weighted by atomic mass is 9.63. The van der Waals surface area contributed by atoms with Crippen molar-refractivity contribution < 1.29 is 18.5 Å². The minimum Gasteiger partial charge on any atom is -0.380 e. The molecule has 2 aromatic heterocycles. The molecule has 1 saturated heterocycles. The average molecular weight is 489 g/mol. The molecule has 0 saturated carbocycles. The molecule has 0 unspecified atom stereocenters. The number of hydrogen-bond acceptors (Lipinski definition) is 7. The van der Waals surface area contributed by atoms with E-state index in [1.165, 1.54) is 5.56 Å². The van der Waals surface area contributed by atoms with Crippen molar-refractivity contribution in [1.29, 1.82) is 0 Å². The smallest absolute Gasteiger partial charge is 0.228 e. The third kappa shape index (κ3) is 4.85. The van der Waals surface area contributed by atoms with E-state index in [4.69, 9.17) is 8.64 Å². The van der Waals surface area contributed by atoms with Crippen molar-refractivity contribution in [2.75, 3.05) is 19.6 Å². The van der Waals surface area contributed by atoms with Crippen LogP contribution in [0.15, 0.2) is 47.2 Å². The Labute approximate surface area is 210 Å². The maximum Gasteiger partial charge on any atom is 0.228 e. The first-order chi connectivity index (χ1) is 16.9. The standard InChI is InChI=1S/C25H31N5O3.ClH/c1-16(2)18-5-7-20(8-6-18)25(32,24(4)14-27-15-24)21-11-19(12-26-13-21)23-29-22(33-30-23)9-10-28-17(3)31;/h5-8,11-13,16,27,32H,9-10,14-15H2,1-4H3,(H,28,31);1H/t25-;/m0./s1/i3D3;. The zero-order valence-electron chi connectivity index (χ0n) is 22.5. The number of amides is 1. The molecule has 1 aliphatic rings. The second-order valence-corrected chi connectivity index (χ2v) is 9.13. The molecule has 34 heavy (non-hydrogen) atoms. The summed E-state index contributed by atoms with van der Waals surface area (Å²) in [4.78, 5) is 20.2. The summed E-state index contributed by atoms with van der Waals surface area (Å²) in [6, 6.07) is 9.87. The van der Waals surface area contributed by atoms with Gasteiger partial charge in [-0.25, -0.2) is 0 Å². The first kappa shape index (κ1) is 21.7. The number of carbonyl (C=O) groups excluding carboxylic acids is 1. The summed E-state index contributed by atoms with van der Waals surface area (Å²) in [5, 5.41) is 21.9. The minimum atomic E-state index is -2.70. The van der Waals surface area contributed by atoms with Gasteiger partial charge in [0.1, 0.15) is 5.60 Å². The molecule has 3 N–H and O–H groups in total. The van der Waals surface area contributed by atoms with E-state index in [2.05, 4.69) is 39.6 Å². The molecular formula is C25H32ClN5O3. The Hall–Kier alpha value is -2.81. The summed E-state index contributed by atoms with van der Waals surface area (Å²) in [6.45, 7) is 4.95. The van der Waals surface area contributed by atoms with Gasteiger partial charge in [-0.05, 0) is 23.1 Å². The molecule has 0 aliphatic carbocycles. The van der Waals surface area contributed by atoms with E-state index < -0.39 is 23.8 Å². The van der Waals surface area contributed by atoms with Gasteiger partial charge >= 0.3 is 0 Å². The van der Waals surface area contributed by atoms with Crippen LogP contribution in [0.25, 0.3) is 11.4 Å². The van der Waals surface area contributed by atoms with Crippen molar-refractivity contribution in [2.24, 2.45) is 5.41 Å². The largest absolute Gasteiger partial charge is 0.380 e. The zero-order chi connectivity index (χ0) is 26.1. The number of nitrogens with zero attached hydrogens (tertiary/aromatic N) is 3. The highest BCUT2D eigenvalue weighted by atomic mass is 35.5. The molecule has 9 heteroatoms. The van der Waals surface area contributed by atoms with Crippen LogP contribution in [0.5, 0.6) is 0 Å². The zero-order valence-corrected chi connectivity index (χ0v) is 20.3. The predicted molar refractivity (Wildman–Crippen MR) is 132 cm³/mol. The summed E-state index contributed by atoms with van der Waals surface area (Å²) >= 11 is 0. The number of rotatable bonds is 8. The van der Waals surface area contributed by atoms with Crippen LogP contribution < -0.4 is 10.6 Å². The Morgan fingerprint density at radius 1 is 1.29 bits per heavy atom. The molecule has 1 fully saturated rings. The monoisotopic (exact) mass is 488 g/mol. The van der Waals surface area contributed by atoms with Crippen LogP contribution in [0.2, 0.25) is 0 Å². The second-order valence-electron chi connectivity index (χ2n) is 9.13. The molecule has 4 rings (SSSR count). The predicted octanol–water partition coefficient (Wildman–Crippen LogP) is 3.20. The molecule has 1 amide bonds. The number of halogens is 1. The first-order valence-corrected chi connectivity index (χ1v) is 11.0. The first-order valence-electron chi connectivity index (χ1n) is 12.5. The molecule has 1 aromatic carbocycles. The van der Waals surface area contributed by atoms with Gasteiger partial charge in [-0.1, -0.05) is 50.2 Å². The Morgan fingerprint density at radius 2 is 2.03 bits per heavy atom. The summed E-state index contributed by atoms with van der Waals surface area (Å²) in [5.41, 5.74) is 1.42. The molecule has 3 heterocycles. The third-order valence-electron chi connectivity index (χ3n) is 6.41. The van der Waals surface area contributed by atoms with Crippen LogP contribution in [0.1, 0.15) is 60.2 Å². The van der Waals surface area contributed by atoms with Gasteiger partial charge < -0.3 is 20.3 Å². The van der Waals surface area contributed by atoms with Gasteiger partial charge in [0.15, 0.2) is 0 Å². The highest BCUT2D eigenvalue weighted by Crippen LogP contribution is 2.48. The summed E-state index contributed by atoms with van der Waals surface area (Å²) in [6.07, 6.45) is 3.44. The highest BCUT2D eigenvalue weighted by molar-refractivity contribution is 5.85. The number of aromatic nitrogens is 3. The van der Waals surface area contributed by atoms with Crippen molar-refractivity contribution in [1.82, 2.24) is 25.8 Å². The lowest BCUT2D eigenvalue weighted by molar-refractivity contribution is -0.118. The molecule has 0 bridgehead atoms. The molecule has 0 radical (unpaired) electrons. The van der Waals surface area contributed by atoms with Gasteiger partial charge in [0.05, 0.1) is 0 Å². The van der Waals surface area contributed by atoms with Crippen LogP contribution in [0, 0.1) is 5.41 Å². The van der Waals surface area contributed by atoms with Gasteiger partial charge in [-0.2, -0.15) is 4.98 Å². The topological polar surface area (TPSA) is 113 Å². The van der Waals surface area contributed by atoms with E-state index >= 15 is 0 Å². The van der Waals surface area contributed by atoms with Crippen LogP contribution >= 0.6 is 12.4 Å². The Bertz CT molecular complexity index is 1230. The van der Waals surface area contributed by atoms with Crippen LogP contribution in [-0.4, -0.2) is 45.8 Å². The average Bonchev–Trinajstić information content (AvgIpc) is 3.30. The van der Waals surface area contributed by atoms with Crippen LogP contribution in [-0.2, 0) is 16.8 Å². The minimum absolute atomic E-state index is 0. The SMILES string of the molecule is Cl.[2H]C([2H])([2H])C(=O)NCCc1nc(-c2cncc([C@@](O)(c3ccc(C(C)C)cc3)C3(C)CNC3)c2)no1. The lowest BCUT2D eigenvalue weighted by Gasteiger charge is -2.52. The Kier molecular flexibility index (Phi) is 6.52. The van der Waals surface area contributed by atoms with E-state index in [1.54, 1.807) is 12.4 Å². The van der Waals surface area contributed by atoms with E-state index in [-0.39, 0.29) is 37.1 Å². The number of carbonyl (C=O) groups is 1. The third-order valence-corrected chi connectivity index (χ3v) is 6.41. The maximum absolute atomic E-state index is 12.2. The van der Waals surface area contributed by atoms with Crippen molar-refractivity contribution in [2.45, 2.75) is 45.6 Å². The number of pyridine rings is 1. The van der Waals surface area contributed by atoms with Crippen molar-refractivity contribution in [3.63, 3.8) is 0 Å². The molecule has 3 aromatic rings. The molecule has 1 aliphatic heterocycles. The Balaban J connectivity index is 0.00000380. The summed E-state index contributed by atoms with van der Waals surface area (Å²) in [5.74, 6) is -0.113. The van der Waals surface area contributed by atoms with Crippen LogP contribution in [0.3, 0.4) is 0 Å². The highest BCUT2D eigenvalue weighted by Gasteiger charge is 2.53. The number of benzene rings is 1. The van der Waals surface area contributed by atoms with Crippen molar-refractivity contribution in [3.05, 3.63) is 65.3 Å². The van der Waals surface area contributed by atoms with Gasteiger partial charge in [0.2, 0.25) is 17.6 Å². The van der Waals surface area contributed by atoms with Crippen LogP contribution in [0.4, 0.5) is 0 Å². The van der Waals surface area contributed by atoms with Gasteiger partial charge in [0, 0.05) is 66.0 Å². The van der Waals surface area contributed by atoms with Gasteiger partial charge in [0.25, 0.3) is 0 Å². The normalized spacial score (nSPS) is 18.0. The molecule has 1 atom stereocenters. The van der Waals surface area contributed by atoms with E-state index in [9.17, 15) is 9.90 Å². The number of hydrogen-bond donors (Lipinski definition) is 3. The number of aliphatic hydroxyl groups is 1. The van der Waals surface area contributed by atoms with Crippen molar-refractivity contribution in [3.8, 4) is 11.4 Å². The van der Waals surface area contributed by atoms with E-state index in [0.717, 1.165) is 5.56 Å². The molecule has 8 nitrogen and oxygen atoms in total. The fourth-order valence-corrected chi connectivity index (χ4v) is 4.25. The quantitative estimate of drug-likeness (QED) is 0.446. The fraction of sp³-hybridized carbons (Fsp3) is 0.440. The van der Waals surface area contributed by atoms with Gasteiger partial charge in [-0.15, -0.1) is 12.4 Å². The van der Waals surface area contributed by atoms with E-state index in [1.807, 2.05) is 37.3 Å². The number of nitrogens with one attached hydrogen (secondary N) is 2. The summed E-state index contributed by atoms with van der Waals surface area (Å²) in [7, 11) is 0. The summed E-state index contributed by atoms with van der Waals surface area (Å²) < 4.78 is 26.6. The van der Waals surface area contributed by atoms with Gasteiger partial charge in [-0.3, -0.25) is 9.78 Å².